The molecule has 2 rings (SSSR count). The van der Waals surface area contributed by atoms with Gasteiger partial charge in [0.25, 0.3) is 0 Å². The third-order valence-corrected chi connectivity index (χ3v) is 4.49. The van der Waals surface area contributed by atoms with E-state index in [4.69, 9.17) is 0 Å². The lowest BCUT2D eigenvalue weighted by molar-refractivity contribution is 0.199. The average molecular weight is 260 g/mol. The van der Waals surface area contributed by atoms with Crippen LogP contribution in [0, 0.1) is 19.8 Å². The number of nitrogens with zero attached hydrogens (tertiary/aromatic N) is 1. The SMILES string of the molecule is Cc1ccc(C)c(C(C)N(C)CC2CCCNC2)c1. The van der Waals surface area contributed by atoms with Crippen molar-refractivity contribution >= 4 is 0 Å². The summed E-state index contributed by atoms with van der Waals surface area (Å²) in [5.74, 6) is 0.811. The molecular weight excluding hydrogens is 232 g/mol. The van der Waals surface area contributed by atoms with E-state index in [-0.39, 0.29) is 0 Å². The zero-order valence-electron chi connectivity index (χ0n) is 12.9. The minimum absolute atomic E-state index is 0.502. The van der Waals surface area contributed by atoms with Gasteiger partial charge in [-0.3, -0.25) is 4.90 Å². The first kappa shape index (κ1) is 14.5. The molecule has 1 saturated heterocycles. The number of hydrogen-bond donors (Lipinski definition) is 1. The second-order valence-corrected chi connectivity index (χ2v) is 6.19. The predicted molar refractivity (Wildman–Crippen MR) is 82.6 cm³/mol. The zero-order chi connectivity index (χ0) is 13.8. The maximum Gasteiger partial charge on any atom is 0.0319 e. The van der Waals surface area contributed by atoms with Crippen molar-refractivity contribution < 1.29 is 0 Å². The maximum atomic E-state index is 3.51. The molecule has 2 atom stereocenters. The Morgan fingerprint density at radius 3 is 2.84 bits per heavy atom. The van der Waals surface area contributed by atoms with Crippen LogP contribution in [0.3, 0.4) is 0 Å². The monoisotopic (exact) mass is 260 g/mol. The number of nitrogens with one attached hydrogen (secondary N) is 1. The fourth-order valence-electron chi connectivity index (χ4n) is 3.09. The van der Waals surface area contributed by atoms with Crippen molar-refractivity contribution in [3.05, 3.63) is 34.9 Å². The van der Waals surface area contributed by atoms with Gasteiger partial charge >= 0.3 is 0 Å². The summed E-state index contributed by atoms with van der Waals surface area (Å²) >= 11 is 0. The molecule has 1 aliphatic rings. The second-order valence-electron chi connectivity index (χ2n) is 6.19. The van der Waals surface area contributed by atoms with Crippen LogP contribution in [0.1, 0.15) is 42.5 Å². The molecule has 0 spiro atoms. The molecule has 2 nitrogen and oxygen atoms in total. The first-order valence-electron chi connectivity index (χ1n) is 7.56. The van der Waals surface area contributed by atoms with E-state index in [1.807, 2.05) is 0 Å². The standard InChI is InChI=1S/C17H28N2/c1-13-7-8-14(2)17(10-13)15(3)19(4)12-16-6-5-9-18-11-16/h7-8,10,15-16,18H,5-6,9,11-12H2,1-4H3. The summed E-state index contributed by atoms with van der Waals surface area (Å²) in [6, 6.07) is 7.30. The number of piperidine rings is 1. The lowest BCUT2D eigenvalue weighted by Gasteiger charge is -2.32. The van der Waals surface area contributed by atoms with Gasteiger partial charge in [-0.1, -0.05) is 23.8 Å². The van der Waals surface area contributed by atoms with E-state index in [1.165, 1.54) is 49.2 Å². The van der Waals surface area contributed by atoms with Gasteiger partial charge in [0.1, 0.15) is 0 Å². The number of rotatable bonds is 4. The molecule has 106 valence electrons. The highest BCUT2D eigenvalue weighted by Gasteiger charge is 2.19. The molecule has 0 radical (unpaired) electrons. The van der Waals surface area contributed by atoms with E-state index in [2.05, 4.69) is 56.2 Å². The average Bonchev–Trinajstić information content (AvgIpc) is 2.42. The summed E-state index contributed by atoms with van der Waals surface area (Å²) in [5, 5.41) is 3.51. The van der Waals surface area contributed by atoms with Crippen molar-refractivity contribution in [2.24, 2.45) is 5.92 Å². The highest BCUT2D eigenvalue weighted by Crippen LogP contribution is 2.25. The van der Waals surface area contributed by atoms with E-state index in [1.54, 1.807) is 0 Å². The Labute approximate surface area is 118 Å². The van der Waals surface area contributed by atoms with Gasteiger partial charge in [-0.15, -0.1) is 0 Å². The van der Waals surface area contributed by atoms with Gasteiger partial charge in [-0.05, 0) is 70.8 Å². The van der Waals surface area contributed by atoms with E-state index in [9.17, 15) is 0 Å². The topological polar surface area (TPSA) is 15.3 Å². The molecule has 19 heavy (non-hydrogen) atoms. The smallest absolute Gasteiger partial charge is 0.0319 e. The van der Waals surface area contributed by atoms with E-state index in [0.29, 0.717) is 6.04 Å². The van der Waals surface area contributed by atoms with Gasteiger partial charge in [0.2, 0.25) is 0 Å². The van der Waals surface area contributed by atoms with Gasteiger partial charge in [-0.25, -0.2) is 0 Å². The molecule has 1 N–H and O–H groups in total. The second kappa shape index (κ2) is 6.53. The first-order chi connectivity index (χ1) is 9.08. The van der Waals surface area contributed by atoms with Crippen molar-refractivity contribution in [2.75, 3.05) is 26.7 Å². The van der Waals surface area contributed by atoms with Crippen LogP contribution in [0.5, 0.6) is 0 Å². The van der Waals surface area contributed by atoms with Crippen LogP contribution in [0.4, 0.5) is 0 Å². The van der Waals surface area contributed by atoms with Crippen molar-refractivity contribution in [3.8, 4) is 0 Å². The molecule has 1 aliphatic heterocycles. The van der Waals surface area contributed by atoms with Crippen molar-refractivity contribution in [3.63, 3.8) is 0 Å². The molecule has 1 fully saturated rings. The number of aryl methyl sites for hydroxylation is 2. The van der Waals surface area contributed by atoms with E-state index in [0.717, 1.165) is 5.92 Å². The summed E-state index contributed by atoms with van der Waals surface area (Å²) in [6.07, 6.45) is 2.70. The molecule has 0 bridgehead atoms. The minimum atomic E-state index is 0.502. The fourth-order valence-corrected chi connectivity index (χ4v) is 3.09. The van der Waals surface area contributed by atoms with Gasteiger partial charge in [-0.2, -0.15) is 0 Å². The summed E-state index contributed by atoms with van der Waals surface area (Å²) in [5.41, 5.74) is 4.25. The Morgan fingerprint density at radius 2 is 2.16 bits per heavy atom. The lowest BCUT2D eigenvalue weighted by atomic mass is 9.96. The molecule has 0 aliphatic carbocycles. The van der Waals surface area contributed by atoms with Gasteiger partial charge < -0.3 is 5.32 Å². The van der Waals surface area contributed by atoms with E-state index < -0.39 is 0 Å². The zero-order valence-corrected chi connectivity index (χ0v) is 12.9. The molecule has 0 amide bonds. The minimum Gasteiger partial charge on any atom is -0.316 e. The van der Waals surface area contributed by atoms with Crippen LogP contribution in [0.2, 0.25) is 0 Å². The van der Waals surface area contributed by atoms with Gasteiger partial charge in [0.05, 0.1) is 0 Å². The fraction of sp³-hybridized carbons (Fsp3) is 0.647. The third kappa shape index (κ3) is 3.80. The summed E-state index contributed by atoms with van der Waals surface area (Å²) in [6.45, 7) is 10.3. The van der Waals surface area contributed by atoms with Crippen molar-refractivity contribution in [2.45, 2.75) is 39.7 Å². The Kier molecular flexibility index (Phi) is 5.00. The maximum absolute atomic E-state index is 3.51. The van der Waals surface area contributed by atoms with Crippen LogP contribution in [-0.2, 0) is 0 Å². The van der Waals surface area contributed by atoms with Crippen LogP contribution in [0.15, 0.2) is 18.2 Å². The molecule has 2 heteroatoms. The van der Waals surface area contributed by atoms with Crippen LogP contribution >= 0.6 is 0 Å². The quantitative estimate of drug-likeness (QED) is 0.893. The van der Waals surface area contributed by atoms with Crippen LogP contribution in [-0.4, -0.2) is 31.6 Å². The van der Waals surface area contributed by atoms with Gasteiger partial charge in [0, 0.05) is 12.6 Å². The molecular formula is C17H28N2. The number of hydrogen-bond acceptors (Lipinski definition) is 2. The lowest BCUT2D eigenvalue weighted by Crippen LogP contribution is -2.37. The molecule has 0 saturated carbocycles. The highest BCUT2D eigenvalue weighted by molar-refractivity contribution is 5.32. The number of benzene rings is 1. The Morgan fingerprint density at radius 1 is 1.37 bits per heavy atom. The highest BCUT2D eigenvalue weighted by atomic mass is 15.1. The van der Waals surface area contributed by atoms with Crippen molar-refractivity contribution in [1.82, 2.24) is 10.2 Å². The Hall–Kier alpha value is -0.860. The molecule has 1 heterocycles. The molecule has 0 aromatic heterocycles. The van der Waals surface area contributed by atoms with E-state index >= 15 is 0 Å². The van der Waals surface area contributed by atoms with Crippen molar-refractivity contribution in [1.29, 1.82) is 0 Å². The van der Waals surface area contributed by atoms with Crippen LogP contribution < -0.4 is 5.32 Å². The molecule has 2 unspecified atom stereocenters. The predicted octanol–water partition coefficient (Wildman–Crippen LogP) is 3.30. The largest absolute Gasteiger partial charge is 0.316 e. The Balaban J connectivity index is 2.01. The molecule has 1 aromatic carbocycles. The van der Waals surface area contributed by atoms with Crippen LogP contribution in [0.25, 0.3) is 0 Å². The summed E-state index contributed by atoms with van der Waals surface area (Å²) in [4.78, 5) is 2.51. The summed E-state index contributed by atoms with van der Waals surface area (Å²) < 4.78 is 0. The summed E-state index contributed by atoms with van der Waals surface area (Å²) in [7, 11) is 2.26. The third-order valence-electron chi connectivity index (χ3n) is 4.49. The molecule has 1 aromatic rings. The normalized spacial score (nSPS) is 21.6. The van der Waals surface area contributed by atoms with Gasteiger partial charge in [0.15, 0.2) is 0 Å². The first-order valence-corrected chi connectivity index (χ1v) is 7.56. The Bertz CT molecular complexity index is 408.